The Bertz CT molecular complexity index is 1210. The van der Waals surface area contributed by atoms with Gasteiger partial charge >= 0.3 is 6.36 Å². The van der Waals surface area contributed by atoms with Crippen LogP contribution in [0.3, 0.4) is 0 Å². The number of sulfonamides is 1. The van der Waals surface area contributed by atoms with Crippen LogP contribution in [0, 0.1) is 6.92 Å². The van der Waals surface area contributed by atoms with E-state index in [1.165, 1.54) is 16.4 Å². The zero-order valence-corrected chi connectivity index (χ0v) is 19.4. The Morgan fingerprint density at radius 1 is 0.794 bits per heavy atom. The van der Waals surface area contributed by atoms with Gasteiger partial charge in [-0.25, -0.2) is 8.42 Å². The molecule has 34 heavy (non-hydrogen) atoms. The molecule has 3 aromatic carbocycles. The van der Waals surface area contributed by atoms with Gasteiger partial charge in [0.1, 0.15) is 10.6 Å². The van der Waals surface area contributed by atoms with Crippen molar-refractivity contribution in [2.24, 2.45) is 0 Å². The lowest BCUT2D eigenvalue weighted by atomic mass is 9.96. The van der Waals surface area contributed by atoms with Crippen LogP contribution in [0.15, 0.2) is 83.8 Å². The lowest BCUT2D eigenvalue weighted by Crippen LogP contribution is -2.49. The van der Waals surface area contributed by atoms with E-state index in [0.29, 0.717) is 13.1 Å². The molecule has 1 fully saturated rings. The summed E-state index contributed by atoms with van der Waals surface area (Å²) in [7, 11) is -4.17. The molecule has 9 heteroatoms. The number of hydrogen-bond acceptors (Lipinski definition) is 4. The molecule has 4 rings (SSSR count). The Labute approximate surface area is 197 Å². The van der Waals surface area contributed by atoms with E-state index in [1.54, 1.807) is 0 Å². The van der Waals surface area contributed by atoms with Crippen LogP contribution in [0.1, 0.15) is 22.7 Å². The third-order valence-corrected chi connectivity index (χ3v) is 7.78. The highest BCUT2D eigenvalue weighted by molar-refractivity contribution is 7.89. The maximum absolute atomic E-state index is 13.2. The molecule has 0 unspecified atom stereocenters. The van der Waals surface area contributed by atoms with Crippen LogP contribution in [0.25, 0.3) is 0 Å². The first kappa shape index (κ1) is 24.3. The molecule has 1 aliphatic heterocycles. The van der Waals surface area contributed by atoms with Crippen molar-refractivity contribution in [3.8, 4) is 5.75 Å². The normalized spacial score (nSPS) is 16.8. The topological polar surface area (TPSA) is 49.9 Å². The molecule has 1 heterocycles. The van der Waals surface area contributed by atoms with Gasteiger partial charge in [-0.1, -0.05) is 72.3 Å². The van der Waals surface area contributed by atoms with Crippen LogP contribution in [0.2, 0.25) is 0 Å². The van der Waals surface area contributed by atoms with Crippen molar-refractivity contribution in [3.63, 3.8) is 0 Å². The number of nitrogens with zero attached hydrogens (tertiary/aromatic N) is 2. The molecule has 0 aliphatic carbocycles. The summed E-state index contributed by atoms with van der Waals surface area (Å²) in [4.78, 5) is 1.71. The predicted molar refractivity (Wildman–Crippen MR) is 123 cm³/mol. The minimum atomic E-state index is -4.98. The molecule has 0 N–H and O–H groups in total. The van der Waals surface area contributed by atoms with Crippen molar-refractivity contribution in [2.75, 3.05) is 26.2 Å². The average molecular weight is 491 g/mol. The number of hydrogen-bond donors (Lipinski definition) is 0. The van der Waals surface area contributed by atoms with Gasteiger partial charge < -0.3 is 4.74 Å². The van der Waals surface area contributed by atoms with Crippen molar-refractivity contribution in [1.82, 2.24) is 9.21 Å². The summed E-state index contributed by atoms with van der Waals surface area (Å²) in [5, 5.41) is 0. The Morgan fingerprint density at radius 2 is 1.35 bits per heavy atom. The molecule has 0 bridgehead atoms. The van der Waals surface area contributed by atoms with E-state index >= 15 is 0 Å². The number of piperazine rings is 1. The second kappa shape index (κ2) is 9.77. The monoisotopic (exact) mass is 490 g/mol. The molecule has 0 amide bonds. The van der Waals surface area contributed by atoms with Crippen molar-refractivity contribution in [2.45, 2.75) is 24.2 Å². The number of benzene rings is 3. The third-order valence-electron chi connectivity index (χ3n) is 5.84. The number of halogens is 3. The van der Waals surface area contributed by atoms with E-state index in [9.17, 15) is 21.6 Å². The molecular weight excluding hydrogens is 465 g/mol. The van der Waals surface area contributed by atoms with Crippen molar-refractivity contribution in [1.29, 1.82) is 0 Å². The average Bonchev–Trinajstić information content (AvgIpc) is 2.81. The van der Waals surface area contributed by atoms with Gasteiger partial charge in [0.25, 0.3) is 0 Å². The lowest BCUT2D eigenvalue weighted by molar-refractivity contribution is -0.275. The summed E-state index contributed by atoms with van der Waals surface area (Å²) in [6, 6.07) is 23.0. The van der Waals surface area contributed by atoms with E-state index in [-0.39, 0.29) is 19.1 Å². The van der Waals surface area contributed by atoms with Crippen LogP contribution in [0.5, 0.6) is 5.75 Å². The van der Waals surface area contributed by atoms with Crippen LogP contribution in [0.4, 0.5) is 13.2 Å². The quantitative estimate of drug-likeness (QED) is 0.489. The smallest absolute Gasteiger partial charge is 0.404 e. The van der Waals surface area contributed by atoms with E-state index in [0.717, 1.165) is 28.8 Å². The first-order chi connectivity index (χ1) is 16.1. The molecule has 3 aromatic rings. The van der Waals surface area contributed by atoms with Gasteiger partial charge in [0, 0.05) is 26.2 Å². The zero-order chi connectivity index (χ0) is 24.3. The number of aryl methyl sites for hydroxylation is 1. The first-order valence-corrected chi connectivity index (χ1v) is 12.3. The van der Waals surface area contributed by atoms with E-state index < -0.39 is 27.0 Å². The summed E-state index contributed by atoms with van der Waals surface area (Å²) < 4.78 is 70.0. The summed E-state index contributed by atoms with van der Waals surface area (Å²) in [5.74, 6) is -0.723. The Kier molecular flexibility index (Phi) is 6.97. The van der Waals surface area contributed by atoms with Crippen LogP contribution < -0.4 is 4.74 Å². The fourth-order valence-corrected chi connectivity index (χ4v) is 5.75. The minimum absolute atomic E-state index is 0.0625. The maximum atomic E-state index is 13.2. The lowest BCUT2D eigenvalue weighted by Gasteiger charge is -2.39. The largest absolute Gasteiger partial charge is 0.573 e. The van der Waals surface area contributed by atoms with Crippen LogP contribution >= 0.6 is 0 Å². The van der Waals surface area contributed by atoms with Crippen molar-refractivity contribution >= 4 is 10.0 Å². The second-order valence-corrected chi connectivity index (χ2v) is 10.1. The molecule has 0 saturated carbocycles. The molecule has 0 aromatic heterocycles. The third kappa shape index (κ3) is 5.43. The fourth-order valence-electron chi connectivity index (χ4n) is 4.21. The van der Waals surface area contributed by atoms with Gasteiger partial charge in [-0.2, -0.15) is 4.31 Å². The first-order valence-electron chi connectivity index (χ1n) is 10.9. The highest BCUT2D eigenvalue weighted by atomic mass is 32.2. The van der Waals surface area contributed by atoms with Crippen molar-refractivity contribution in [3.05, 3.63) is 95.6 Å². The molecule has 180 valence electrons. The summed E-state index contributed by atoms with van der Waals surface area (Å²) in [6.07, 6.45) is -4.98. The number of para-hydroxylation sites is 1. The summed E-state index contributed by atoms with van der Waals surface area (Å²) >= 11 is 0. The minimum Gasteiger partial charge on any atom is -0.404 e. The van der Waals surface area contributed by atoms with Crippen molar-refractivity contribution < 1.29 is 26.3 Å². The van der Waals surface area contributed by atoms with Gasteiger partial charge in [0.05, 0.1) is 6.04 Å². The highest BCUT2D eigenvalue weighted by Gasteiger charge is 2.37. The van der Waals surface area contributed by atoms with Gasteiger partial charge in [-0.15, -0.1) is 13.2 Å². The van der Waals surface area contributed by atoms with E-state index in [4.69, 9.17) is 0 Å². The number of rotatable bonds is 6. The fraction of sp³-hybridized carbons (Fsp3) is 0.280. The summed E-state index contributed by atoms with van der Waals surface area (Å²) in [5.41, 5.74) is 3.33. The molecule has 0 spiro atoms. The maximum Gasteiger partial charge on any atom is 0.573 e. The zero-order valence-electron chi connectivity index (χ0n) is 18.6. The standard InChI is InChI=1S/C25H25F3N2O3S/c1-19-11-13-21(14-12-19)24(20-7-3-2-4-8-20)29-15-17-30(18-16-29)34(31,32)23-10-6-5-9-22(23)33-25(26,27)28/h2-14,24H,15-18H2,1H3/t24-/m1/s1. The predicted octanol–water partition coefficient (Wildman–Crippen LogP) is 4.99. The van der Waals surface area contributed by atoms with Gasteiger partial charge in [-0.05, 0) is 30.2 Å². The van der Waals surface area contributed by atoms with Gasteiger partial charge in [0.15, 0.2) is 0 Å². The molecule has 1 atom stereocenters. The number of ether oxygens (including phenoxy) is 1. The SMILES string of the molecule is Cc1ccc([C@@H](c2ccccc2)N2CCN(S(=O)(=O)c3ccccc3OC(F)(F)F)CC2)cc1. The van der Waals surface area contributed by atoms with E-state index in [2.05, 4.69) is 21.8 Å². The molecule has 0 radical (unpaired) electrons. The number of alkyl halides is 3. The van der Waals surface area contributed by atoms with E-state index in [1.807, 2.05) is 49.4 Å². The molecular formula is C25H25F3N2O3S. The summed E-state index contributed by atoms with van der Waals surface area (Å²) in [6.45, 7) is 3.17. The van der Waals surface area contributed by atoms with Gasteiger partial charge in [0.2, 0.25) is 10.0 Å². The molecule has 1 saturated heterocycles. The Hall–Kier alpha value is -2.88. The van der Waals surface area contributed by atoms with Gasteiger partial charge in [-0.3, -0.25) is 4.90 Å². The molecule has 1 aliphatic rings. The second-order valence-electron chi connectivity index (χ2n) is 8.16. The van der Waals surface area contributed by atoms with Crippen LogP contribution in [-0.2, 0) is 10.0 Å². The highest BCUT2D eigenvalue weighted by Crippen LogP contribution is 2.34. The van der Waals surface area contributed by atoms with Crippen LogP contribution in [-0.4, -0.2) is 50.2 Å². The molecule has 5 nitrogen and oxygen atoms in total. The Morgan fingerprint density at radius 3 is 1.97 bits per heavy atom. The Balaban J connectivity index is 1.57.